The number of aromatic amines is 1. The van der Waals surface area contributed by atoms with Crippen LogP contribution in [0.2, 0.25) is 0 Å². The Morgan fingerprint density at radius 1 is 1.07 bits per heavy atom. The van der Waals surface area contributed by atoms with Crippen molar-refractivity contribution in [2.75, 3.05) is 11.1 Å². The van der Waals surface area contributed by atoms with E-state index >= 15 is 0 Å². The van der Waals surface area contributed by atoms with Crippen LogP contribution in [0, 0.1) is 5.82 Å². The lowest BCUT2D eigenvalue weighted by molar-refractivity contribution is 0.102. The lowest BCUT2D eigenvalue weighted by atomic mass is 10.1. The number of aromatic nitrogens is 4. The minimum absolute atomic E-state index is 0.295. The standard InChI is InChI=1S/C21H16FN5OS/c22-15-5-1-13(2-6-15)17-11-18(26-25-17)20(28)23-16-7-3-14(4-8-16)19-12-27-9-10-29-21(27)24-19/h1-8,11-12H,9-10H2,(H,23,28)(H,25,26). The average Bonchev–Trinajstić information content (AvgIpc) is 3.45. The van der Waals surface area contributed by atoms with Crippen molar-refractivity contribution in [2.45, 2.75) is 11.7 Å². The van der Waals surface area contributed by atoms with Gasteiger partial charge in [-0.25, -0.2) is 9.37 Å². The SMILES string of the molecule is O=C(Nc1ccc(-c2cn3c(n2)SCC3)cc1)c1cc(-c2ccc(F)cc2)n[nH]1. The summed E-state index contributed by atoms with van der Waals surface area (Å²) in [5.74, 6) is 0.463. The molecule has 0 spiro atoms. The molecular weight excluding hydrogens is 389 g/mol. The van der Waals surface area contributed by atoms with Gasteiger partial charge in [-0.05, 0) is 42.5 Å². The highest BCUT2D eigenvalue weighted by atomic mass is 32.2. The van der Waals surface area contributed by atoms with Crippen molar-refractivity contribution in [3.05, 3.63) is 72.3 Å². The zero-order valence-corrected chi connectivity index (χ0v) is 16.0. The number of H-pyrrole nitrogens is 1. The highest BCUT2D eigenvalue weighted by Gasteiger charge is 2.16. The van der Waals surface area contributed by atoms with Crippen LogP contribution in [0.25, 0.3) is 22.5 Å². The summed E-state index contributed by atoms with van der Waals surface area (Å²) in [6, 6.07) is 15.2. The largest absolute Gasteiger partial charge is 0.325 e. The van der Waals surface area contributed by atoms with E-state index in [9.17, 15) is 9.18 Å². The Morgan fingerprint density at radius 3 is 2.55 bits per heavy atom. The first-order chi connectivity index (χ1) is 14.2. The van der Waals surface area contributed by atoms with E-state index in [4.69, 9.17) is 0 Å². The maximum absolute atomic E-state index is 13.1. The second kappa shape index (κ2) is 7.21. The van der Waals surface area contributed by atoms with E-state index in [0.29, 0.717) is 17.1 Å². The zero-order valence-electron chi connectivity index (χ0n) is 15.2. The maximum Gasteiger partial charge on any atom is 0.273 e. The molecule has 0 bridgehead atoms. The molecule has 29 heavy (non-hydrogen) atoms. The van der Waals surface area contributed by atoms with Gasteiger partial charge in [0.15, 0.2) is 5.16 Å². The van der Waals surface area contributed by atoms with Gasteiger partial charge in [0.1, 0.15) is 11.5 Å². The smallest absolute Gasteiger partial charge is 0.273 e. The third-order valence-corrected chi connectivity index (χ3v) is 5.67. The quantitative estimate of drug-likeness (QED) is 0.526. The van der Waals surface area contributed by atoms with Gasteiger partial charge >= 0.3 is 0 Å². The Labute approximate surface area is 170 Å². The number of benzene rings is 2. The predicted molar refractivity (Wildman–Crippen MR) is 110 cm³/mol. The van der Waals surface area contributed by atoms with Crippen LogP contribution < -0.4 is 5.32 Å². The maximum atomic E-state index is 13.1. The molecule has 0 aliphatic carbocycles. The number of imidazole rings is 1. The van der Waals surface area contributed by atoms with E-state index in [1.165, 1.54) is 12.1 Å². The van der Waals surface area contributed by atoms with Crippen molar-refractivity contribution >= 4 is 23.4 Å². The van der Waals surface area contributed by atoms with Crippen LogP contribution in [0.5, 0.6) is 0 Å². The number of anilines is 1. The van der Waals surface area contributed by atoms with Gasteiger partial charge in [-0.15, -0.1) is 0 Å². The molecule has 0 radical (unpaired) electrons. The fourth-order valence-corrected chi connectivity index (χ4v) is 4.12. The number of carbonyl (C=O) groups is 1. The number of hydrogen-bond acceptors (Lipinski definition) is 4. The number of nitrogens with one attached hydrogen (secondary N) is 2. The summed E-state index contributed by atoms with van der Waals surface area (Å²) in [6.45, 7) is 0.991. The lowest BCUT2D eigenvalue weighted by Gasteiger charge is -2.04. The Hall–Kier alpha value is -3.39. The molecule has 2 aromatic heterocycles. The molecule has 4 aromatic rings. The number of carbonyl (C=O) groups excluding carboxylic acids is 1. The van der Waals surface area contributed by atoms with E-state index in [1.807, 2.05) is 24.3 Å². The van der Waals surface area contributed by atoms with Crippen molar-refractivity contribution in [3.63, 3.8) is 0 Å². The first kappa shape index (κ1) is 17.7. The fourth-order valence-electron chi connectivity index (χ4n) is 3.18. The number of halogens is 1. The van der Waals surface area contributed by atoms with E-state index in [0.717, 1.165) is 34.3 Å². The van der Waals surface area contributed by atoms with Crippen molar-refractivity contribution < 1.29 is 9.18 Å². The molecule has 0 saturated carbocycles. The Morgan fingerprint density at radius 2 is 1.79 bits per heavy atom. The van der Waals surface area contributed by atoms with E-state index < -0.39 is 0 Å². The Bertz CT molecular complexity index is 1160. The fraction of sp³-hybridized carbons (Fsp3) is 0.0952. The minimum atomic E-state index is -0.315. The third-order valence-electron chi connectivity index (χ3n) is 4.70. The van der Waals surface area contributed by atoms with Crippen molar-refractivity contribution in [1.29, 1.82) is 0 Å². The molecule has 1 amide bonds. The van der Waals surface area contributed by atoms with Crippen LogP contribution in [-0.2, 0) is 6.54 Å². The number of hydrogen-bond donors (Lipinski definition) is 2. The summed E-state index contributed by atoms with van der Waals surface area (Å²) in [7, 11) is 0. The number of rotatable bonds is 4. The molecule has 2 N–H and O–H groups in total. The molecule has 8 heteroatoms. The molecule has 0 fully saturated rings. The molecule has 6 nitrogen and oxygen atoms in total. The highest BCUT2D eigenvalue weighted by Crippen LogP contribution is 2.29. The topological polar surface area (TPSA) is 75.6 Å². The monoisotopic (exact) mass is 405 g/mol. The number of nitrogens with zero attached hydrogens (tertiary/aromatic N) is 3. The number of aryl methyl sites for hydroxylation is 1. The van der Waals surface area contributed by atoms with Gasteiger partial charge in [-0.2, -0.15) is 5.10 Å². The van der Waals surface area contributed by atoms with Crippen LogP contribution in [0.4, 0.5) is 10.1 Å². The first-order valence-corrected chi connectivity index (χ1v) is 10.1. The van der Waals surface area contributed by atoms with Gasteiger partial charge < -0.3 is 9.88 Å². The van der Waals surface area contributed by atoms with Crippen LogP contribution >= 0.6 is 11.8 Å². The van der Waals surface area contributed by atoms with Crippen LogP contribution in [0.3, 0.4) is 0 Å². The summed E-state index contributed by atoms with van der Waals surface area (Å²) in [4.78, 5) is 17.1. The van der Waals surface area contributed by atoms with Gasteiger partial charge in [-0.3, -0.25) is 9.89 Å². The summed E-state index contributed by atoms with van der Waals surface area (Å²) < 4.78 is 15.2. The molecule has 1 aliphatic heterocycles. The Kier molecular flexibility index (Phi) is 4.40. The molecule has 3 heterocycles. The third kappa shape index (κ3) is 3.54. The number of thioether (sulfide) groups is 1. The van der Waals surface area contributed by atoms with Gasteiger partial charge in [0.25, 0.3) is 5.91 Å². The van der Waals surface area contributed by atoms with Crippen molar-refractivity contribution in [3.8, 4) is 22.5 Å². The first-order valence-electron chi connectivity index (χ1n) is 9.09. The second-order valence-corrected chi connectivity index (χ2v) is 7.72. The molecule has 144 valence electrons. The predicted octanol–water partition coefficient (Wildman–Crippen LogP) is 4.44. The van der Waals surface area contributed by atoms with Gasteiger partial charge in [0.2, 0.25) is 0 Å². The summed E-state index contributed by atoms with van der Waals surface area (Å²) in [5.41, 5.74) is 4.26. The molecule has 0 saturated heterocycles. The molecule has 2 aromatic carbocycles. The molecule has 0 unspecified atom stereocenters. The second-order valence-electron chi connectivity index (χ2n) is 6.66. The molecule has 5 rings (SSSR count). The van der Waals surface area contributed by atoms with E-state index in [-0.39, 0.29) is 11.7 Å². The van der Waals surface area contributed by atoms with E-state index in [2.05, 4.69) is 31.3 Å². The van der Waals surface area contributed by atoms with Crippen molar-refractivity contribution in [1.82, 2.24) is 19.7 Å². The average molecular weight is 405 g/mol. The molecular formula is C21H16FN5OS. The number of fused-ring (bicyclic) bond motifs is 1. The zero-order chi connectivity index (χ0) is 19.8. The highest BCUT2D eigenvalue weighted by molar-refractivity contribution is 7.99. The summed E-state index contributed by atoms with van der Waals surface area (Å²) in [6.07, 6.45) is 2.06. The molecule has 1 aliphatic rings. The normalized spacial score (nSPS) is 12.7. The minimum Gasteiger partial charge on any atom is -0.325 e. The molecule has 0 atom stereocenters. The summed E-state index contributed by atoms with van der Waals surface area (Å²) in [5, 5.41) is 10.8. The van der Waals surface area contributed by atoms with Crippen LogP contribution in [0.1, 0.15) is 10.5 Å². The lowest BCUT2D eigenvalue weighted by Crippen LogP contribution is -2.12. The van der Waals surface area contributed by atoms with Gasteiger partial charge in [0, 0.05) is 35.3 Å². The van der Waals surface area contributed by atoms with Crippen molar-refractivity contribution in [2.24, 2.45) is 0 Å². The van der Waals surface area contributed by atoms with E-state index in [1.54, 1.807) is 30.0 Å². The number of amides is 1. The Balaban J connectivity index is 1.29. The summed E-state index contributed by atoms with van der Waals surface area (Å²) >= 11 is 1.76. The van der Waals surface area contributed by atoms with Gasteiger partial charge in [0.05, 0.1) is 11.4 Å². The van der Waals surface area contributed by atoms with Gasteiger partial charge in [-0.1, -0.05) is 23.9 Å². The van der Waals surface area contributed by atoms with Crippen LogP contribution in [-0.4, -0.2) is 31.4 Å². The van der Waals surface area contributed by atoms with Crippen LogP contribution in [0.15, 0.2) is 66.0 Å².